The van der Waals surface area contributed by atoms with Gasteiger partial charge in [-0.3, -0.25) is 19.3 Å². The van der Waals surface area contributed by atoms with Crippen molar-refractivity contribution >= 4 is 30.2 Å². The summed E-state index contributed by atoms with van der Waals surface area (Å²) in [6.45, 7) is 9.59. The van der Waals surface area contributed by atoms with Crippen LogP contribution in [0.5, 0.6) is 0 Å². The molecule has 0 spiro atoms. The van der Waals surface area contributed by atoms with Crippen LogP contribution in [0.25, 0.3) is 0 Å². The van der Waals surface area contributed by atoms with E-state index in [0.717, 1.165) is 58.5 Å². The smallest absolute Gasteiger partial charge is 0.325 e. The van der Waals surface area contributed by atoms with Gasteiger partial charge in [0.2, 0.25) is 11.8 Å². The Morgan fingerprint density at radius 3 is 2.10 bits per heavy atom. The standard InChI is InChI=1S/C20H39N5O4.ClH/c1-16(2)13-17(20(28)23-14-19(27)29-3)24-18(26)15-25-11-5-9-21-7-4-8-22-10-6-12-25;/h16-17,21-22H,4-15H2,1-3H3,(H,23,28)(H,24,26);1H/t17-;/m0./s1. The molecular weight excluding hydrogens is 410 g/mol. The zero-order valence-corrected chi connectivity index (χ0v) is 19.4. The van der Waals surface area contributed by atoms with Crippen LogP contribution >= 0.6 is 12.4 Å². The highest BCUT2D eigenvalue weighted by atomic mass is 35.5. The van der Waals surface area contributed by atoms with Crippen molar-refractivity contribution in [1.82, 2.24) is 26.2 Å². The Bertz CT molecular complexity index is 496. The van der Waals surface area contributed by atoms with Crippen LogP contribution in [0.15, 0.2) is 0 Å². The zero-order valence-electron chi connectivity index (χ0n) is 18.6. The number of carbonyl (C=O) groups excluding carboxylic acids is 3. The Balaban J connectivity index is 0.00000841. The second-order valence-corrected chi connectivity index (χ2v) is 7.88. The molecule has 9 nitrogen and oxygen atoms in total. The molecule has 1 heterocycles. The highest BCUT2D eigenvalue weighted by Gasteiger charge is 2.23. The molecule has 4 N–H and O–H groups in total. The highest BCUT2D eigenvalue weighted by molar-refractivity contribution is 5.90. The summed E-state index contributed by atoms with van der Waals surface area (Å²) in [5.74, 6) is -0.825. The quantitative estimate of drug-likeness (QED) is 0.382. The summed E-state index contributed by atoms with van der Waals surface area (Å²) in [4.78, 5) is 38.4. The van der Waals surface area contributed by atoms with Crippen LogP contribution in [-0.4, -0.2) is 88.2 Å². The summed E-state index contributed by atoms with van der Waals surface area (Å²) in [5.41, 5.74) is 0. The molecule has 1 aliphatic rings. The molecule has 1 atom stereocenters. The van der Waals surface area contributed by atoms with Crippen molar-refractivity contribution in [2.75, 3.05) is 59.5 Å². The van der Waals surface area contributed by atoms with Gasteiger partial charge in [-0.2, -0.15) is 0 Å². The van der Waals surface area contributed by atoms with Gasteiger partial charge in [-0.15, -0.1) is 12.4 Å². The summed E-state index contributed by atoms with van der Waals surface area (Å²) in [6.07, 6.45) is 3.60. The lowest BCUT2D eigenvalue weighted by molar-refractivity contribution is -0.141. The first kappa shape index (κ1) is 28.6. The molecule has 1 fully saturated rings. The van der Waals surface area contributed by atoms with Crippen LogP contribution in [0, 0.1) is 5.92 Å². The van der Waals surface area contributed by atoms with Crippen molar-refractivity contribution in [1.29, 1.82) is 0 Å². The van der Waals surface area contributed by atoms with Crippen LogP contribution in [0.4, 0.5) is 0 Å². The predicted octanol–water partition coefficient (Wildman–Crippen LogP) is -0.107. The van der Waals surface area contributed by atoms with Crippen molar-refractivity contribution < 1.29 is 19.1 Å². The largest absolute Gasteiger partial charge is 0.468 e. The minimum atomic E-state index is -0.664. The van der Waals surface area contributed by atoms with Gasteiger partial charge in [-0.25, -0.2) is 0 Å². The highest BCUT2D eigenvalue weighted by Crippen LogP contribution is 2.05. The van der Waals surface area contributed by atoms with Crippen LogP contribution < -0.4 is 21.3 Å². The van der Waals surface area contributed by atoms with E-state index in [1.54, 1.807) is 0 Å². The molecule has 10 heteroatoms. The number of hydrogen-bond acceptors (Lipinski definition) is 7. The van der Waals surface area contributed by atoms with E-state index >= 15 is 0 Å². The Labute approximate surface area is 186 Å². The lowest BCUT2D eigenvalue weighted by atomic mass is 10.0. The van der Waals surface area contributed by atoms with Crippen LogP contribution in [0.1, 0.15) is 39.5 Å². The number of nitrogens with zero attached hydrogens (tertiary/aromatic N) is 1. The first-order valence-corrected chi connectivity index (χ1v) is 10.7. The Morgan fingerprint density at radius 2 is 1.57 bits per heavy atom. The molecule has 1 rings (SSSR count). The van der Waals surface area contributed by atoms with E-state index in [0.29, 0.717) is 6.42 Å². The van der Waals surface area contributed by atoms with Gasteiger partial charge >= 0.3 is 5.97 Å². The van der Waals surface area contributed by atoms with Gasteiger partial charge in [0.05, 0.1) is 13.7 Å². The maximum absolute atomic E-state index is 12.6. The summed E-state index contributed by atoms with van der Waals surface area (Å²) >= 11 is 0. The Morgan fingerprint density at radius 1 is 1.00 bits per heavy atom. The number of carbonyl (C=O) groups is 3. The summed E-state index contributed by atoms with van der Waals surface area (Å²) in [5, 5.41) is 12.2. The van der Waals surface area contributed by atoms with E-state index in [-0.39, 0.29) is 43.2 Å². The average Bonchev–Trinajstić information content (AvgIpc) is 2.67. The zero-order chi connectivity index (χ0) is 21.5. The van der Waals surface area contributed by atoms with E-state index < -0.39 is 12.0 Å². The third kappa shape index (κ3) is 13.7. The molecule has 0 aliphatic carbocycles. The molecule has 0 bridgehead atoms. The third-order valence-electron chi connectivity index (χ3n) is 4.72. The van der Waals surface area contributed by atoms with E-state index in [9.17, 15) is 14.4 Å². The maximum atomic E-state index is 12.6. The molecule has 1 aliphatic heterocycles. The fraction of sp³-hybridized carbons (Fsp3) is 0.850. The number of amides is 2. The molecule has 0 unspecified atom stereocenters. The van der Waals surface area contributed by atoms with Crippen molar-refractivity contribution in [2.24, 2.45) is 5.92 Å². The Hall–Kier alpha value is -1.42. The number of ether oxygens (including phenoxy) is 1. The summed E-state index contributed by atoms with van der Waals surface area (Å²) in [6, 6.07) is -0.664. The van der Waals surface area contributed by atoms with Gasteiger partial charge < -0.3 is 26.0 Å². The van der Waals surface area contributed by atoms with Gasteiger partial charge in [0.25, 0.3) is 0 Å². The minimum absolute atomic E-state index is 0. The number of esters is 1. The van der Waals surface area contributed by atoms with E-state index in [1.165, 1.54) is 7.11 Å². The topological polar surface area (TPSA) is 112 Å². The van der Waals surface area contributed by atoms with Crippen LogP contribution in [-0.2, 0) is 19.1 Å². The normalized spacial score (nSPS) is 17.6. The molecule has 30 heavy (non-hydrogen) atoms. The van der Waals surface area contributed by atoms with E-state index in [2.05, 4.69) is 30.9 Å². The number of halogens is 1. The van der Waals surface area contributed by atoms with Crippen molar-refractivity contribution in [3.05, 3.63) is 0 Å². The Kier molecular flexibility index (Phi) is 16.5. The first-order chi connectivity index (χ1) is 13.9. The molecule has 0 radical (unpaired) electrons. The lowest BCUT2D eigenvalue weighted by Gasteiger charge is -2.25. The maximum Gasteiger partial charge on any atom is 0.325 e. The summed E-state index contributed by atoms with van der Waals surface area (Å²) < 4.78 is 4.54. The molecule has 176 valence electrons. The van der Waals surface area contributed by atoms with E-state index in [1.807, 2.05) is 13.8 Å². The first-order valence-electron chi connectivity index (χ1n) is 10.7. The van der Waals surface area contributed by atoms with Crippen LogP contribution in [0.3, 0.4) is 0 Å². The average molecular weight is 450 g/mol. The van der Waals surface area contributed by atoms with Gasteiger partial charge in [0.15, 0.2) is 0 Å². The summed E-state index contributed by atoms with van der Waals surface area (Å²) in [7, 11) is 1.27. The molecule has 0 aromatic rings. The van der Waals surface area contributed by atoms with Crippen molar-refractivity contribution in [3.63, 3.8) is 0 Å². The minimum Gasteiger partial charge on any atom is -0.468 e. The lowest BCUT2D eigenvalue weighted by Crippen LogP contribution is -2.51. The van der Waals surface area contributed by atoms with Gasteiger partial charge in [0.1, 0.15) is 12.6 Å². The van der Waals surface area contributed by atoms with Crippen LogP contribution in [0.2, 0.25) is 0 Å². The molecular formula is C20H40ClN5O4. The van der Waals surface area contributed by atoms with Gasteiger partial charge in [-0.05, 0) is 70.9 Å². The molecule has 2 amide bonds. The number of methoxy groups -OCH3 is 1. The van der Waals surface area contributed by atoms with Crippen molar-refractivity contribution in [2.45, 2.75) is 45.6 Å². The second kappa shape index (κ2) is 17.3. The SMILES string of the molecule is COC(=O)CNC(=O)[C@H](CC(C)C)NC(=O)CN1CCCNCCCNCCC1.Cl. The molecule has 1 saturated heterocycles. The van der Waals surface area contributed by atoms with Gasteiger partial charge in [0, 0.05) is 0 Å². The molecule has 0 aromatic carbocycles. The number of rotatable bonds is 8. The fourth-order valence-corrected chi connectivity index (χ4v) is 3.21. The molecule has 0 aromatic heterocycles. The molecule has 0 saturated carbocycles. The number of nitrogens with one attached hydrogen (secondary N) is 4. The van der Waals surface area contributed by atoms with Crippen molar-refractivity contribution in [3.8, 4) is 0 Å². The third-order valence-corrected chi connectivity index (χ3v) is 4.72. The van der Waals surface area contributed by atoms with E-state index in [4.69, 9.17) is 0 Å². The van der Waals surface area contributed by atoms with Gasteiger partial charge in [-0.1, -0.05) is 13.8 Å². The fourth-order valence-electron chi connectivity index (χ4n) is 3.21. The number of hydrogen-bond donors (Lipinski definition) is 4. The monoisotopic (exact) mass is 449 g/mol. The predicted molar refractivity (Wildman–Crippen MR) is 120 cm³/mol. The second-order valence-electron chi connectivity index (χ2n) is 7.88.